The van der Waals surface area contributed by atoms with Crippen LogP contribution in [0.4, 0.5) is 5.69 Å². The molecule has 0 spiro atoms. The van der Waals surface area contributed by atoms with Crippen LogP contribution in [-0.2, 0) is 0 Å². The van der Waals surface area contributed by atoms with Crippen molar-refractivity contribution in [2.24, 2.45) is 5.92 Å². The maximum atomic E-state index is 5.74. The van der Waals surface area contributed by atoms with Gasteiger partial charge in [0.2, 0.25) is 0 Å². The van der Waals surface area contributed by atoms with Gasteiger partial charge in [-0.25, -0.2) is 0 Å². The lowest BCUT2D eigenvalue weighted by Gasteiger charge is -2.37. The van der Waals surface area contributed by atoms with Crippen molar-refractivity contribution in [3.05, 3.63) is 23.8 Å². The molecule has 0 amide bonds. The number of hydrogen-bond acceptors (Lipinski definition) is 3. The van der Waals surface area contributed by atoms with Crippen LogP contribution in [0.1, 0.15) is 45.6 Å². The van der Waals surface area contributed by atoms with E-state index in [1.807, 2.05) is 0 Å². The first-order chi connectivity index (χ1) is 10.5. The van der Waals surface area contributed by atoms with E-state index in [2.05, 4.69) is 55.7 Å². The predicted molar refractivity (Wildman–Crippen MR) is 95.2 cm³/mol. The Kier molecular flexibility index (Phi) is 6.13. The monoisotopic (exact) mass is 304 g/mol. The third-order valence-corrected chi connectivity index (χ3v) is 4.59. The summed E-state index contributed by atoms with van der Waals surface area (Å²) >= 11 is 0. The highest BCUT2D eigenvalue weighted by Gasteiger charge is 2.21. The van der Waals surface area contributed by atoms with E-state index in [-0.39, 0.29) is 0 Å². The summed E-state index contributed by atoms with van der Waals surface area (Å²) in [4.78, 5) is 5.08. The Morgan fingerprint density at radius 3 is 2.27 bits per heavy atom. The average Bonchev–Trinajstić information content (AvgIpc) is 2.52. The highest BCUT2D eigenvalue weighted by molar-refractivity contribution is 5.63. The molecule has 0 bridgehead atoms. The normalized spacial score (nSPS) is 16.6. The predicted octanol–water partition coefficient (Wildman–Crippen LogP) is 3.99. The van der Waals surface area contributed by atoms with Crippen molar-refractivity contribution >= 4 is 5.69 Å². The summed E-state index contributed by atoms with van der Waals surface area (Å²) in [5.74, 6) is 2.34. The maximum Gasteiger partial charge on any atom is 0.145 e. The molecule has 1 saturated heterocycles. The minimum absolute atomic E-state index is 0.488. The Hall–Kier alpha value is -1.22. The fourth-order valence-electron chi connectivity index (χ4n) is 3.12. The van der Waals surface area contributed by atoms with Gasteiger partial charge >= 0.3 is 0 Å². The molecule has 22 heavy (non-hydrogen) atoms. The highest BCUT2D eigenvalue weighted by atomic mass is 16.5. The van der Waals surface area contributed by atoms with Gasteiger partial charge in [0.1, 0.15) is 5.75 Å². The van der Waals surface area contributed by atoms with E-state index in [9.17, 15) is 0 Å². The van der Waals surface area contributed by atoms with Crippen LogP contribution in [0.3, 0.4) is 0 Å². The molecular weight excluding hydrogens is 272 g/mol. The molecule has 124 valence electrons. The highest BCUT2D eigenvalue weighted by Crippen LogP contribution is 2.36. The van der Waals surface area contributed by atoms with Crippen molar-refractivity contribution in [2.45, 2.75) is 40.0 Å². The van der Waals surface area contributed by atoms with E-state index in [0.717, 1.165) is 37.8 Å². The van der Waals surface area contributed by atoms with Gasteiger partial charge in [0, 0.05) is 26.2 Å². The Morgan fingerprint density at radius 1 is 1.05 bits per heavy atom. The van der Waals surface area contributed by atoms with Crippen LogP contribution in [0.25, 0.3) is 0 Å². The van der Waals surface area contributed by atoms with E-state index in [1.165, 1.54) is 24.2 Å². The number of benzene rings is 1. The summed E-state index contributed by atoms with van der Waals surface area (Å²) in [6.45, 7) is 14.8. The summed E-state index contributed by atoms with van der Waals surface area (Å²) in [5.41, 5.74) is 2.57. The Bertz CT molecular complexity index is 463. The number of hydrogen-bond donors (Lipinski definition) is 0. The first-order valence-corrected chi connectivity index (χ1v) is 8.67. The van der Waals surface area contributed by atoms with Crippen molar-refractivity contribution in [3.8, 4) is 5.75 Å². The number of piperazine rings is 1. The van der Waals surface area contributed by atoms with E-state index >= 15 is 0 Å². The Labute approximate surface area is 136 Å². The van der Waals surface area contributed by atoms with Gasteiger partial charge in [0.25, 0.3) is 0 Å². The number of ether oxygens (including phenoxy) is 1. The van der Waals surface area contributed by atoms with Crippen LogP contribution >= 0.6 is 0 Å². The zero-order valence-electron chi connectivity index (χ0n) is 14.9. The molecule has 1 fully saturated rings. The van der Waals surface area contributed by atoms with Crippen LogP contribution in [0.2, 0.25) is 0 Å². The summed E-state index contributed by atoms with van der Waals surface area (Å²) in [7, 11) is 1.80. The minimum atomic E-state index is 0.488. The fourth-order valence-corrected chi connectivity index (χ4v) is 3.12. The smallest absolute Gasteiger partial charge is 0.145 e. The van der Waals surface area contributed by atoms with Gasteiger partial charge in [0.05, 0.1) is 12.8 Å². The molecule has 3 heteroatoms. The number of rotatable bonds is 6. The summed E-state index contributed by atoms with van der Waals surface area (Å²) in [5, 5.41) is 0. The van der Waals surface area contributed by atoms with Gasteiger partial charge in [-0.1, -0.05) is 39.8 Å². The second-order valence-corrected chi connectivity index (χ2v) is 7.07. The third-order valence-electron chi connectivity index (χ3n) is 4.59. The molecule has 1 aromatic rings. The summed E-state index contributed by atoms with van der Waals surface area (Å²) < 4.78 is 5.74. The third kappa shape index (κ3) is 4.16. The molecule has 0 unspecified atom stereocenters. The molecule has 0 radical (unpaired) electrons. The average molecular weight is 304 g/mol. The van der Waals surface area contributed by atoms with Crippen molar-refractivity contribution < 1.29 is 4.74 Å². The maximum absolute atomic E-state index is 5.74. The molecule has 1 aliphatic rings. The molecule has 0 N–H and O–H groups in total. The van der Waals surface area contributed by atoms with Crippen LogP contribution in [-0.4, -0.2) is 44.7 Å². The second-order valence-electron chi connectivity index (χ2n) is 7.07. The van der Waals surface area contributed by atoms with E-state index < -0.39 is 0 Å². The van der Waals surface area contributed by atoms with Gasteiger partial charge in [-0.05, 0) is 36.4 Å². The second kappa shape index (κ2) is 7.87. The Balaban J connectivity index is 2.03. The van der Waals surface area contributed by atoms with Crippen LogP contribution in [0, 0.1) is 5.92 Å². The summed E-state index contributed by atoms with van der Waals surface area (Å²) in [6.07, 6.45) is 1.30. The first-order valence-electron chi connectivity index (χ1n) is 8.67. The molecule has 3 nitrogen and oxygen atoms in total. The van der Waals surface area contributed by atoms with Gasteiger partial charge in [-0.15, -0.1) is 0 Å². The molecular formula is C19H32N2O. The fraction of sp³-hybridized carbons (Fsp3) is 0.684. The SMILES string of the molecule is COc1c(C(C)C)cccc1N1CCN(CCC(C)C)CC1. The van der Waals surface area contributed by atoms with Crippen molar-refractivity contribution in [3.63, 3.8) is 0 Å². The van der Waals surface area contributed by atoms with Gasteiger partial charge in [-0.2, -0.15) is 0 Å². The molecule has 0 aromatic heterocycles. The first kappa shape index (κ1) is 17.1. The number of nitrogens with zero attached hydrogens (tertiary/aromatic N) is 2. The quantitative estimate of drug-likeness (QED) is 0.790. The molecule has 1 aliphatic heterocycles. The number of anilines is 1. The van der Waals surface area contributed by atoms with Gasteiger partial charge in [-0.3, -0.25) is 4.90 Å². The molecule has 0 atom stereocenters. The zero-order valence-corrected chi connectivity index (χ0v) is 14.9. The zero-order chi connectivity index (χ0) is 16.1. The minimum Gasteiger partial charge on any atom is -0.494 e. The van der Waals surface area contributed by atoms with Crippen molar-refractivity contribution in [1.82, 2.24) is 4.90 Å². The van der Waals surface area contributed by atoms with Crippen LogP contribution in [0.5, 0.6) is 5.75 Å². The van der Waals surface area contributed by atoms with E-state index in [1.54, 1.807) is 7.11 Å². The molecule has 0 aliphatic carbocycles. The lowest BCUT2D eigenvalue weighted by atomic mass is 10.0. The van der Waals surface area contributed by atoms with E-state index in [0.29, 0.717) is 5.92 Å². The number of para-hydroxylation sites is 1. The van der Waals surface area contributed by atoms with Gasteiger partial charge < -0.3 is 9.64 Å². The molecule has 0 saturated carbocycles. The van der Waals surface area contributed by atoms with Crippen molar-refractivity contribution in [1.29, 1.82) is 0 Å². The topological polar surface area (TPSA) is 15.7 Å². The van der Waals surface area contributed by atoms with Crippen molar-refractivity contribution in [2.75, 3.05) is 44.7 Å². The standard InChI is InChI=1S/C19H32N2O/c1-15(2)9-10-20-11-13-21(14-12-20)18-8-6-7-17(16(3)4)19(18)22-5/h6-8,15-16H,9-14H2,1-5H3. The molecule has 1 heterocycles. The lowest BCUT2D eigenvalue weighted by Crippen LogP contribution is -2.47. The largest absolute Gasteiger partial charge is 0.494 e. The molecule has 1 aromatic carbocycles. The number of methoxy groups -OCH3 is 1. The van der Waals surface area contributed by atoms with Crippen LogP contribution in [0.15, 0.2) is 18.2 Å². The Morgan fingerprint density at radius 2 is 1.73 bits per heavy atom. The molecule has 2 rings (SSSR count). The lowest BCUT2D eigenvalue weighted by molar-refractivity contribution is 0.243. The van der Waals surface area contributed by atoms with E-state index in [4.69, 9.17) is 4.74 Å². The van der Waals surface area contributed by atoms with Gasteiger partial charge in [0.15, 0.2) is 0 Å². The van der Waals surface area contributed by atoms with Crippen LogP contribution < -0.4 is 9.64 Å². The summed E-state index contributed by atoms with van der Waals surface area (Å²) in [6, 6.07) is 6.55.